The molecule has 11 rings (SSSR count). The topological polar surface area (TPSA) is 3.24 Å². The number of nitrogens with zero attached hydrogens (tertiary/aromatic N) is 1. The highest BCUT2D eigenvalue weighted by Crippen LogP contribution is 2.44. The van der Waals surface area contributed by atoms with E-state index in [0.717, 1.165) is 17.1 Å². The van der Waals surface area contributed by atoms with Crippen LogP contribution in [0.2, 0.25) is 0 Å². The molecule has 0 aliphatic heterocycles. The molecule has 0 saturated heterocycles. The minimum atomic E-state index is 1.11. The molecule has 0 aliphatic carbocycles. The molecule has 11 aromatic rings. The summed E-state index contributed by atoms with van der Waals surface area (Å²) >= 11 is 0. The van der Waals surface area contributed by atoms with Crippen LogP contribution in [0.4, 0.5) is 17.1 Å². The zero-order chi connectivity index (χ0) is 37.7. The number of hydrogen-bond acceptors (Lipinski definition) is 1. The third-order valence-electron chi connectivity index (χ3n) is 11.6. The average molecular weight is 724 g/mol. The Bertz CT molecular complexity index is 3210. The van der Waals surface area contributed by atoms with Crippen LogP contribution in [-0.2, 0) is 0 Å². The Hall–Kier alpha value is -7.48. The second-order valence-corrected chi connectivity index (χ2v) is 14.9. The molecule has 0 bridgehead atoms. The van der Waals surface area contributed by atoms with Gasteiger partial charge in [-0.15, -0.1) is 0 Å². The van der Waals surface area contributed by atoms with E-state index in [1.54, 1.807) is 0 Å². The van der Waals surface area contributed by atoms with E-state index < -0.39 is 0 Å². The largest absolute Gasteiger partial charge is 0.310 e. The van der Waals surface area contributed by atoms with Gasteiger partial charge in [-0.3, -0.25) is 0 Å². The third kappa shape index (κ3) is 5.72. The van der Waals surface area contributed by atoms with Gasteiger partial charge in [-0.2, -0.15) is 0 Å². The van der Waals surface area contributed by atoms with E-state index in [-0.39, 0.29) is 0 Å². The van der Waals surface area contributed by atoms with Gasteiger partial charge in [0.05, 0.1) is 5.69 Å². The number of hydrogen-bond donors (Lipinski definition) is 0. The van der Waals surface area contributed by atoms with Gasteiger partial charge < -0.3 is 4.90 Å². The summed E-state index contributed by atoms with van der Waals surface area (Å²) in [5.41, 5.74) is 10.5. The summed E-state index contributed by atoms with van der Waals surface area (Å²) in [4.78, 5) is 2.42. The second-order valence-electron chi connectivity index (χ2n) is 14.9. The number of benzene rings is 11. The van der Waals surface area contributed by atoms with Crippen molar-refractivity contribution in [2.45, 2.75) is 0 Å². The molecule has 0 fully saturated rings. The minimum absolute atomic E-state index is 1.11. The first-order chi connectivity index (χ1) is 28.3. The molecule has 1 heteroatoms. The highest BCUT2D eigenvalue weighted by molar-refractivity contribution is 6.27. The molecule has 0 saturated carbocycles. The molecule has 0 radical (unpaired) electrons. The zero-order valence-electron chi connectivity index (χ0n) is 31.3. The fourth-order valence-corrected chi connectivity index (χ4v) is 8.88. The van der Waals surface area contributed by atoms with Gasteiger partial charge in [0.15, 0.2) is 0 Å². The number of anilines is 3. The van der Waals surface area contributed by atoms with Crippen LogP contribution >= 0.6 is 0 Å². The fourth-order valence-electron chi connectivity index (χ4n) is 8.88. The summed E-state index contributed by atoms with van der Waals surface area (Å²) in [5, 5.41) is 12.7. The summed E-state index contributed by atoms with van der Waals surface area (Å²) in [6.45, 7) is 0. The Balaban J connectivity index is 1.10. The van der Waals surface area contributed by atoms with Crippen molar-refractivity contribution in [1.29, 1.82) is 0 Å². The van der Waals surface area contributed by atoms with Crippen LogP contribution in [0.1, 0.15) is 0 Å². The van der Waals surface area contributed by atoms with Crippen molar-refractivity contribution in [3.63, 3.8) is 0 Å². The summed E-state index contributed by atoms with van der Waals surface area (Å²) in [6.07, 6.45) is 0. The van der Waals surface area contributed by atoms with E-state index in [1.165, 1.54) is 87.2 Å². The first-order valence-corrected chi connectivity index (χ1v) is 19.7. The monoisotopic (exact) mass is 723 g/mol. The lowest BCUT2D eigenvalue weighted by Crippen LogP contribution is -2.11. The van der Waals surface area contributed by atoms with Gasteiger partial charge in [-0.05, 0) is 130 Å². The van der Waals surface area contributed by atoms with E-state index in [2.05, 4.69) is 229 Å². The molecule has 11 aromatic carbocycles. The highest BCUT2D eigenvalue weighted by atomic mass is 15.1. The van der Waals surface area contributed by atoms with Crippen molar-refractivity contribution < 1.29 is 0 Å². The van der Waals surface area contributed by atoms with E-state index in [1.807, 2.05) is 0 Å². The highest BCUT2D eigenvalue weighted by Gasteiger charge is 2.19. The number of fused-ring (bicyclic) bond motifs is 8. The SMILES string of the molecule is c1ccc(-c2cccc(N(c3cccc(-c4ccccc4)c3)c3ccc(-c4ccc5cc6c7ccccc7c7ccccc7c6cc5c4)c4ccccc34)c2)cc1. The summed E-state index contributed by atoms with van der Waals surface area (Å²) in [6, 6.07) is 82.0. The maximum Gasteiger partial charge on any atom is 0.0540 e. The molecule has 0 unspecified atom stereocenters. The smallest absolute Gasteiger partial charge is 0.0540 e. The second kappa shape index (κ2) is 13.7. The first kappa shape index (κ1) is 32.9. The van der Waals surface area contributed by atoms with Gasteiger partial charge >= 0.3 is 0 Å². The normalized spacial score (nSPS) is 11.5. The molecular weight excluding hydrogens is 687 g/mol. The van der Waals surface area contributed by atoms with Gasteiger partial charge in [-0.25, -0.2) is 0 Å². The Morgan fingerprint density at radius 3 is 1.25 bits per heavy atom. The van der Waals surface area contributed by atoms with Gasteiger partial charge in [0.2, 0.25) is 0 Å². The average Bonchev–Trinajstić information content (AvgIpc) is 3.29. The van der Waals surface area contributed by atoms with Crippen LogP contribution in [-0.4, -0.2) is 0 Å². The molecule has 266 valence electrons. The molecule has 0 aliphatic rings. The van der Waals surface area contributed by atoms with Gasteiger partial charge in [-0.1, -0.05) is 176 Å². The van der Waals surface area contributed by atoms with Crippen molar-refractivity contribution in [2.75, 3.05) is 4.90 Å². The Morgan fingerprint density at radius 2 is 0.684 bits per heavy atom. The zero-order valence-corrected chi connectivity index (χ0v) is 31.3. The van der Waals surface area contributed by atoms with Crippen molar-refractivity contribution in [3.05, 3.63) is 224 Å². The van der Waals surface area contributed by atoms with E-state index in [0.29, 0.717) is 0 Å². The minimum Gasteiger partial charge on any atom is -0.310 e. The van der Waals surface area contributed by atoms with E-state index in [9.17, 15) is 0 Å². The van der Waals surface area contributed by atoms with Crippen molar-refractivity contribution in [3.8, 4) is 33.4 Å². The summed E-state index contributed by atoms with van der Waals surface area (Å²) in [7, 11) is 0. The molecule has 0 aromatic heterocycles. The Morgan fingerprint density at radius 1 is 0.228 bits per heavy atom. The van der Waals surface area contributed by atoms with Crippen LogP contribution in [0.25, 0.3) is 87.2 Å². The lowest BCUT2D eigenvalue weighted by atomic mass is 9.90. The summed E-state index contributed by atoms with van der Waals surface area (Å²) in [5.74, 6) is 0. The van der Waals surface area contributed by atoms with Crippen LogP contribution in [0.15, 0.2) is 224 Å². The molecule has 0 spiro atoms. The standard InChI is InChI=1S/C56H37N/c1-3-15-38(16-4-1)40-19-13-21-45(34-40)57(46-22-14-20-41(35-46)39-17-5-2-6-18-39)56-32-31-47(48-23-11-12-28-53(48)56)43-30-29-42-36-54-51-26-9-7-24-49(51)50-25-8-10-27-52(50)55(54)37-44(42)33-43/h1-37H. The van der Waals surface area contributed by atoms with E-state index in [4.69, 9.17) is 0 Å². The van der Waals surface area contributed by atoms with Gasteiger partial charge in [0, 0.05) is 16.8 Å². The molecule has 57 heavy (non-hydrogen) atoms. The molecule has 0 atom stereocenters. The maximum absolute atomic E-state index is 2.42. The quantitative estimate of drug-likeness (QED) is 0.122. The molecule has 1 nitrogen and oxygen atoms in total. The molecule has 0 heterocycles. The predicted molar refractivity (Wildman–Crippen MR) is 245 cm³/mol. The Kier molecular flexibility index (Phi) is 7.89. The van der Waals surface area contributed by atoms with Crippen LogP contribution < -0.4 is 4.90 Å². The predicted octanol–water partition coefficient (Wildman–Crippen LogP) is 15.9. The van der Waals surface area contributed by atoms with E-state index >= 15 is 0 Å². The van der Waals surface area contributed by atoms with Gasteiger partial charge in [0.25, 0.3) is 0 Å². The maximum atomic E-state index is 2.42. The van der Waals surface area contributed by atoms with Crippen LogP contribution in [0.5, 0.6) is 0 Å². The first-order valence-electron chi connectivity index (χ1n) is 19.7. The van der Waals surface area contributed by atoms with Crippen molar-refractivity contribution in [1.82, 2.24) is 0 Å². The van der Waals surface area contributed by atoms with Crippen LogP contribution in [0.3, 0.4) is 0 Å². The number of rotatable bonds is 6. The van der Waals surface area contributed by atoms with Crippen molar-refractivity contribution >= 4 is 70.9 Å². The summed E-state index contributed by atoms with van der Waals surface area (Å²) < 4.78 is 0. The Labute approximate surface area is 332 Å². The lowest BCUT2D eigenvalue weighted by molar-refractivity contribution is 1.30. The third-order valence-corrected chi connectivity index (χ3v) is 11.6. The molecular formula is C56H37N. The van der Waals surface area contributed by atoms with Crippen LogP contribution in [0, 0.1) is 0 Å². The lowest BCUT2D eigenvalue weighted by Gasteiger charge is -2.28. The van der Waals surface area contributed by atoms with Crippen molar-refractivity contribution in [2.24, 2.45) is 0 Å². The molecule has 0 N–H and O–H groups in total. The van der Waals surface area contributed by atoms with Gasteiger partial charge in [0.1, 0.15) is 0 Å². The fraction of sp³-hybridized carbons (Fsp3) is 0. The molecule has 0 amide bonds.